The summed E-state index contributed by atoms with van der Waals surface area (Å²) < 4.78 is 4.38. The molecule has 0 aliphatic rings. The van der Waals surface area contributed by atoms with Crippen LogP contribution in [0.1, 0.15) is 19.8 Å². The maximum Gasteiger partial charge on any atom is 0.343 e. The molecule has 1 atom stereocenters. The summed E-state index contributed by atoms with van der Waals surface area (Å²) >= 11 is 0. The minimum Gasteiger partial charge on any atom is -0.396 e. The predicted octanol–water partition coefficient (Wildman–Crippen LogP) is 0.322. The highest BCUT2D eigenvalue weighted by atomic mass is 16.6. The van der Waals surface area contributed by atoms with Crippen LogP contribution in [0.25, 0.3) is 0 Å². The van der Waals surface area contributed by atoms with Gasteiger partial charge < -0.3 is 14.9 Å². The number of aliphatic hydroxyl groups is 2. The zero-order chi connectivity index (χ0) is 12.7. The van der Waals surface area contributed by atoms with Gasteiger partial charge >= 0.3 is 11.9 Å². The van der Waals surface area contributed by atoms with Crippen LogP contribution < -0.4 is 0 Å². The van der Waals surface area contributed by atoms with Gasteiger partial charge in [0.05, 0.1) is 11.7 Å². The molecular weight excluding hydrogens is 212 g/mol. The second-order valence-electron chi connectivity index (χ2n) is 3.36. The van der Waals surface area contributed by atoms with Gasteiger partial charge in [-0.15, -0.1) is 0 Å². The van der Waals surface area contributed by atoms with E-state index in [0.29, 0.717) is 6.42 Å². The summed E-state index contributed by atoms with van der Waals surface area (Å²) in [6.45, 7) is 7.95. The Hall–Kier alpha value is -1.46. The smallest absolute Gasteiger partial charge is 0.343 e. The zero-order valence-corrected chi connectivity index (χ0v) is 9.23. The van der Waals surface area contributed by atoms with E-state index in [-0.39, 0.29) is 24.2 Å². The first kappa shape index (κ1) is 14.5. The van der Waals surface area contributed by atoms with Gasteiger partial charge in [-0.25, -0.2) is 9.59 Å². The van der Waals surface area contributed by atoms with Crippen LogP contribution in [-0.4, -0.2) is 34.9 Å². The van der Waals surface area contributed by atoms with Crippen LogP contribution in [0.4, 0.5) is 0 Å². The molecule has 0 fully saturated rings. The third kappa shape index (κ3) is 4.86. The van der Waals surface area contributed by atoms with Crippen LogP contribution in [-0.2, 0) is 14.3 Å². The molecule has 16 heavy (non-hydrogen) atoms. The van der Waals surface area contributed by atoms with Gasteiger partial charge in [0.1, 0.15) is 0 Å². The summed E-state index contributed by atoms with van der Waals surface area (Å²) in [6.07, 6.45) is -0.592. The summed E-state index contributed by atoms with van der Waals surface area (Å²) in [7, 11) is 0. The molecule has 0 radical (unpaired) electrons. The quantitative estimate of drug-likeness (QED) is 0.388. The highest BCUT2D eigenvalue weighted by molar-refractivity contribution is 6.01. The van der Waals surface area contributed by atoms with Gasteiger partial charge in [-0.05, 0) is 19.8 Å². The van der Waals surface area contributed by atoms with E-state index in [1.54, 1.807) is 0 Å². The van der Waals surface area contributed by atoms with Crippen molar-refractivity contribution in [2.24, 2.45) is 0 Å². The number of hydrogen-bond donors (Lipinski definition) is 2. The van der Waals surface area contributed by atoms with E-state index < -0.39 is 18.0 Å². The second-order valence-corrected chi connectivity index (χ2v) is 3.36. The van der Waals surface area contributed by atoms with Gasteiger partial charge in [0, 0.05) is 12.2 Å². The normalized spacial score (nSPS) is 11.7. The molecule has 90 valence electrons. The Bertz CT molecular complexity index is 305. The molecule has 0 spiro atoms. The van der Waals surface area contributed by atoms with Crippen molar-refractivity contribution in [3.63, 3.8) is 0 Å². The summed E-state index contributed by atoms with van der Waals surface area (Å²) in [5.74, 6) is -1.82. The van der Waals surface area contributed by atoms with Crippen molar-refractivity contribution in [3.8, 4) is 0 Å². The third-order valence-corrected chi connectivity index (χ3v) is 1.83. The Morgan fingerprint density at radius 3 is 2.31 bits per heavy atom. The van der Waals surface area contributed by atoms with Gasteiger partial charge in [0.15, 0.2) is 0 Å². The first-order valence-corrected chi connectivity index (χ1v) is 4.79. The highest BCUT2D eigenvalue weighted by Crippen LogP contribution is 2.09. The van der Waals surface area contributed by atoms with Crippen molar-refractivity contribution in [1.29, 1.82) is 0 Å². The summed E-state index contributed by atoms with van der Waals surface area (Å²) in [5.41, 5.74) is -0.117. The Morgan fingerprint density at radius 2 is 1.88 bits per heavy atom. The lowest BCUT2D eigenvalue weighted by Crippen LogP contribution is -2.22. The minimum absolute atomic E-state index is 0.0889. The van der Waals surface area contributed by atoms with E-state index >= 15 is 0 Å². The molecule has 0 bridgehead atoms. The average molecular weight is 228 g/mol. The van der Waals surface area contributed by atoms with E-state index in [4.69, 9.17) is 5.11 Å². The summed E-state index contributed by atoms with van der Waals surface area (Å²) in [4.78, 5) is 22.2. The van der Waals surface area contributed by atoms with Crippen LogP contribution in [0.3, 0.4) is 0 Å². The Labute approximate surface area is 94.0 Å². The van der Waals surface area contributed by atoms with Crippen LogP contribution in [0.2, 0.25) is 0 Å². The Morgan fingerprint density at radius 1 is 1.31 bits per heavy atom. The minimum atomic E-state index is -1.11. The van der Waals surface area contributed by atoms with E-state index in [1.165, 1.54) is 6.92 Å². The highest BCUT2D eigenvalue weighted by Gasteiger charge is 2.20. The molecule has 2 N–H and O–H groups in total. The van der Waals surface area contributed by atoms with Crippen LogP contribution in [0, 0.1) is 0 Å². The van der Waals surface area contributed by atoms with Crippen molar-refractivity contribution < 1.29 is 24.5 Å². The average Bonchev–Trinajstić information content (AvgIpc) is 2.24. The second kappa shape index (κ2) is 6.92. The van der Waals surface area contributed by atoms with Gasteiger partial charge in [0.2, 0.25) is 0 Å². The van der Waals surface area contributed by atoms with Gasteiger partial charge in [-0.1, -0.05) is 13.2 Å². The third-order valence-electron chi connectivity index (χ3n) is 1.83. The fraction of sp³-hybridized carbons (Fsp3) is 0.455. The largest absolute Gasteiger partial charge is 0.396 e. The summed E-state index contributed by atoms with van der Waals surface area (Å²) in [6, 6.07) is 0. The van der Waals surface area contributed by atoms with Crippen molar-refractivity contribution in [2.45, 2.75) is 25.9 Å². The van der Waals surface area contributed by atoms with E-state index in [9.17, 15) is 14.7 Å². The number of esters is 2. The topological polar surface area (TPSA) is 83.8 Å². The molecule has 0 aromatic carbocycles. The molecule has 0 amide bonds. The standard InChI is InChI=1S/C11H16O5/c1-7(2)10(14)16-11(15)8(3)9(13)5-4-6-12/h9,12-13H,1,3-6H2,2H3. The predicted molar refractivity (Wildman–Crippen MR) is 57.4 cm³/mol. The molecule has 0 aliphatic heterocycles. The summed E-state index contributed by atoms with van der Waals surface area (Å²) in [5, 5.41) is 18.0. The molecule has 1 unspecified atom stereocenters. The first-order valence-electron chi connectivity index (χ1n) is 4.79. The van der Waals surface area contributed by atoms with Crippen molar-refractivity contribution in [1.82, 2.24) is 0 Å². The van der Waals surface area contributed by atoms with Crippen LogP contribution in [0.15, 0.2) is 24.3 Å². The number of hydrogen-bond acceptors (Lipinski definition) is 5. The van der Waals surface area contributed by atoms with Gasteiger partial charge in [-0.3, -0.25) is 0 Å². The van der Waals surface area contributed by atoms with Gasteiger partial charge in [0.25, 0.3) is 0 Å². The molecule has 0 aliphatic carbocycles. The molecule has 5 heteroatoms. The fourth-order valence-electron chi connectivity index (χ4n) is 0.832. The number of carbonyl (C=O) groups excluding carboxylic acids is 2. The molecular formula is C11H16O5. The van der Waals surface area contributed by atoms with Crippen molar-refractivity contribution in [3.05, 3.63) is 24.3 Å². The lowest BCUT2D eigenvalue weighted by molar-refractivity contribution is -0.154. The first-order chi connectivity index (χ1) is 7.40. The van der Waals surface area contributed by atoms with E-state index in [2.05, 4.69) is 17.9 Å². The Balaban J connectivity index is 4.23. The van der Waals surface area contributed by atoms with Crippen LogP contribution >= 0.6 is 0 Å². The molecule has 0 aromatic heterocycles. The van der Waals surface area contributed by atoms with E-state index in [0.717, 1.165) is 0 Å². The van der Waals surface area contributed by atoms with E-state index in [1.807, 2.05) is 0 Å². The number of rotatable bonds is 6. The van der Waals surface area contributed by atoms with Crippen molar-refractivity contribution in [2.75, 3.05) is 6.61 Å². The number of carbonyl (C=O) groups is 2. The molecule has 0 aromatic rings. The van der Waals surface area contributed by atoms with Gasteiger partial charge in [-0.2, -0.15) is 0 Å². The molecule has 0 saturated carbocycles. The lowest BCUT2D eigenvalue weighted by Gasteiger charge is -2.11. The van der Waals surface area contributed by atoms with Crippen LogP contribution in [0.5, 0.6) is 0 Å². The monoisotopic (exact) mass is 228 g/mol. The maximum atomic E-state index is 11.3. The number of ether oxygens (including phenoxy) is 1. The molecule has 0 saturated heterocycles. The molecule has 0 heterocycles. The fourth-order valence-corrected chi connectivity index (χ4v) is 0.832. The zero-order valence-electron chi connectivity index (χ0n) is 9.23. The molecule has 5 nitrogen and oxygen atoms in total. The Kier molecular flexibility index (Phi) is 6.29. The van der Waals surface area contributed by atoms with Crippen molar-refractivity contribution >= 4 is 11.9 Å². The lowest BCUT2D eigenvalue weighted by atomic mass is 10.1. The molecule has 0 rings (SSSR count). The maximum absolute atomic E-state index is 11.3. The SMILES string of the molecule is C=C(C)C(=O)OC(=O)C(=C)C(O)CCCO. The number of aliphatic hydroxyl groups excluding tert-OH is 2.